The van der Waals surface area contributed by atoms with Crippen molar-refractivity contribution in [1.82, 2.24) is 5.32 Å². The summed E-state index contributed by atoms with van der Waals surface area (Å²) in [6, 6.07) is 12.0. The average Bonchev–Trinajstić information content (AvgIpc) is 2.60. The third-order valence-electron chi connectivity index (χ3n) is 4.24. The van der Waals surface area contributed by atoms with Gasteiger partial charge < -0.3 is 5.32 Å². The number of carbonyl (C=O) groups excluding carboxylic acids is 1. The molecule has 0 heterocycles. The van der Waals surface area contributed by atoms with E-state index >= 15 is 0 Å². The molecule has 26 heavy (non-hydrogen) atoms. The highest BCUT2D eigenvalue weighted by Crippen LogP contribution is 2.26. The van der Waals surface area contributed by atoms with E-state index in [1.165, 1.54) is 18.2 Å². The van der Waals surface area contributed by atoms with Crippen LogP contribution in [0.4, 0.5) is 11.4 Å². The van der Waals surface area contributed by atoms with Crippen LogP contribution < -0.4 is 10.6 Å². The van der Waals surface area contributed by atoms with E-state index in [1.807, 2.05) is 24.3 Å². The fourth-order valence-electron chi connectivity index (χ4n) is 2.59. The Labute approximate surface area is 157 Å². The first-order valence-corrected chi connectivity index (χ1v) is 8.70. The Bertz CT molecular complexity index is 852. The molecule has 2 rings (SSSR count). The molecule has 136 valence electrons. The van der Waals surface area contributed by atoms with Crippen LogP contribution in [-0.4, -0.2) is 15.9 Å². The molecule has 0 aliphatic rings. The number of nitro groups is 1. The number of aryl methyl sites for hydroxylation is 1. The number of benzene rings is 2. The van der Waals surface area contributed by atoms with Crippen LogP contribution in [0.15, 0.2) is 42.5 Å². The molecule has 7 heteroatoms. The number of amides is 1. The Morgan fingerprint density at radius 1 is 1.27 bits per heavy atom. The summed E-state index contributed by atoms with van der Waals surface area (Å²) in [4.78, 5) is 22.7. The number of anilines is 1. The Morgan fingerprint density at radius 3 is 2.58 bits per heavy atom. The van der Waals surface area contributed by atoms with Gasteiger partial charge in [0.05, 0.1) is 4.92 Å². The van der Waals surface area contributed by atoms with E-state index < -0.39 is 10.8 Å². The number of nitrogens with one attached hydrogen (secondary N) is 2. The fourth-order valence-corrected chi connectivity index (χ4v) is 2.79. The molecule has 0 spiro atoms. The molecule has 2 N–H and O–H groups in total. The fraction of sp³-hybridized carbons (Fsp3) is 0.263. The third kappa shape index (κ3) is 4.64. The minimum Gasteiger partial charge on any atom is -0.332 e. The summed E-state index contributed by atoms with van der Waals surface area (Å²) in [6.07, 6.45) is 0.986. The lowest BCUT2D eigenvalue weighted by Gasteiger charge is -2.17. The van der Waals surface area contributed by atoms with Crippen molar-refractivity contribution < 1.29 is 9.72 Å². The van der Waals surface area contributed by atoms with Crippen LogP contribution in [0.3, 0.4) is 0 Å². The third-order valence-corrected chi connectivity index (χ3v) is 4.44. The van der Waals surface area contributed by atoms with Gasteiger partial charge in [-0.1, -0.05) is 32.0 Å². The maximum Gasteiger partial charge on any atom is 0.272 e. The summed E-state index contributed by atoms with van der Waals surface area (Å²) < 4.78 is 0. The highest BCUT2D eigenvalue weighted by Gasteiger charge is 2.15. The predicted molar refractivity (Wildman–Crippen MR) is 107 cm³/mol. The summed E-state index contributed by atoms with van der Waals surface area (Å²) >= 11 is 5.24. The van der Waals surface area contributed by atoms with Crippen molar-refractivity contribution in [2.24, 2.45) is 0 Å². The minimum absolute atomic E-state index is 0.0234. The number of nitrogens with zero attached hydrogens (tertiary/aromatic N) is 1. The lowest BCUT2D eigenvalue weighted by Crippen LogP contribution is -2.34. The highest BCUT2D eigenvalue weighted by molar-refractivity contribution is 7.80. The number of nitro benzene ring substituents is 1. The summed E-state index contributed by atoms with van der Waals surface area (Å²) in [7, 11) is 0. The number of hydrogen-bond acceptors (Lipinski definition) is 4. The quantitative estimate of drug-likeness (QED) is 0.458. The predicted octanol–water partition coefficient (Wildman–Crippen LogP) is 4.54. The van der Waals surface area contributed by atoms with Crippen LogP contribution in [0.25, 0.3) is 0 Å². The van der Waals surface area contributed by atoms with Crippen LogP contribution in [0.1, 0.15) is 47.7 Å². The smallest absolute Gasteiger partial charge is 0.272 e. The molecule has 2 aromatic carbocycles. The molecule has 0 aliphatic carbocycles. The topological polar surface area (TPSA) is 84.3 Å². The largest absolute Gasteiger partial charge is 0.332 e. The van der Waals surface area contributed by atoms with Gasteiger partial charge in [-0.25, -0.2) is 0 Å². The Kier molecular flexibility index (Phi) is 6.41. The molecule has 0 bridgehead atoms. The lowest BCUT2D eigenvalue weighted by molar-refractivity contribution is -0.385. The molecule has 0 aliphatic heterocycles. The molecular weight excluding hydrogens is 350 g/mol. The molecule has 0 fully saturated rings. The number of carbonyl (C=O) groups is 1. The lowest BCUT2D eigenvalue weighted by atomic mass is 9.97. The first-order chi connectivity index (χ1) is 12.3. The number of rotatable bonds is 5. The van der Waals surface area contributed by atoms with Crippen molar-refractivity contribution in [2.75, 3.05) is 5.32 Å². The number of para-hydroxylation sites is 1. The highest BCUT2D eigenvalue weighted by atomic mass is 32.1. The van der Waals surface area contributed by atoms with Gasteiger partial charge in [-0.05, 0) is 55.2 Å². The zero-order valence-electron chi connectivity index (χ0n) is 14.9. The molecule has 0 radical (unpaired) electrons. The molecule has 0 saturated heterocycles. The Balaban J connectivity index is 2.10. The van der Waals surface area contributed by atoms with Crippen LogP contribution in [0.2, 0.25) is 0 Å². The monoisotopic (exact) mass is 371 g/mol. The van der Waals surface area contributed by atoms with Crippen molar-refractivity contribution in [2.45, 2.75) is 33.1 Å². The summed E-state index contributed by atoms with van der Waals surface area (Å²) in [5.41, 5.74) is 2.69. The van der Waals surface area contributed by atoms with Crippen molar-refractivity contribution >= 4 is 34.6 Å². The first-order valence-electron chi connectivity index (χ1n) is 8.29. The zero-order valence-corrected chi connectivity index (χ0v) is 15.7. The second-order valence-electron chi connectivity index (χ2n) is 6.06. The van der Waals surface area contributed by atoms with E-state index in [2.05, 4.69) is 24.5 Å². The van der Waals surface area contributed by atoms with Gasteiger partial charge in [0.25, 0.3) is 11.6 Å². The second kappa shape index (κ2) is 8.53. The maximum atomic E-state index is 12.3. The molecule has 0 unspecified atom stereocenters. The average molecular weight is 371 g/mol. The van der Waals surface area contributed by atoms with Gasteiger partial charge in [-0.2, -0.15) is 0 Å². The summed E-state index contributed by atoms with van der Waals surface area (Å²) in [6.45, 7) is 5.83. The second-order valence-corrected chi connectivity index (χ2v) is 6.47. The molecule has 0 aromatic heterocycles. The SMILES string of the molecule is CC[C@H](C)c1ccccc1NC(=S)NC(=O)c1ccc([N+](=O)[O-])c(C)c1. The van der Waals surface area contributed by atoms with Gasteiger partial charge in [-0.15, -0.1) is 0 Å². The number of thiocarbonyl (C=S) groups is 1. The van der Waals surface area contributed by atoms with Crippen LogP contribution >= 0.6 is 12.2 Å². The normalized spacial score (nSPS) is 11.5. The van der Waals surface area contributed by atoms with E-state index in [9.17, 15) is 14.9 Å². The van der Waals surface area contributed by atoms with Crippen molar-refractivity contribution in [1.29, 1.82) is 0 Å². The van der Waals surface area contributed by atoms with Gasteiger partial charge in [0.15, 0.2) is 5.11 Å². The summed E-state index contributed by atoms with van der Waals surface area (Å²) in [5, 5.41) is 16.7. The van der Waals surface area contributed by atoms with Gasteiger partial charge in [-0.3, -0.25) is 20.2 Å². The zero-order chi connectivity index (χ0) is 19.3. The van der Waals surface area contributed by atoms with Gasteiger partial charge >= 0.3 is 0 Å². The van der Waals surface area contributed by atoms with Crippen LogP contribution in [-0.2, 0) is 0 Å². The van der Waals surface area contributed by atoms with Gasteiger partial charge in [0.2, 0.25) is 0 Å². The molecule has 0 saturated carbocycles. The maximum absolute atomic E-state index is 12.3. The number of hydrogen-bond donors (Lipinski definition) is 2. The Hall–Kier alpha value is -2.80. The van der Waals surface area contributed by atoms with Gasteiger partial charge in [0, 0.05) is 22.9 Å². The van der Waals surface area contributed by atoms with Crippen molar-refractivity contribution in [3.05, 3.63) is 69.3 Å². The minimum atomic E-state index is -0.477. The first kappa shape index (κ1) is 19.5. The van der Waals surface area contributed by atoms with E-state index in [1.54, 1.807) is 6.92 Å². The Morgan fingerprint density at radius 2 is 1.96 bits per heavy atom. The molecule has 1 atom stereocenters. The van der Waals surface area contributed by atoms with E-state index in [0.29, 0.717) is 17.0 Å². The summed E-state index contributed by atoms with van der Waals surface area (Å²) in [5.74, 6) is -0.0592. The van der Waals surface area contributed by atoms with Gasteiger partial charge in [0.1, 0.15) is 0 Å². The molecule has 2 aromatic rings. The van der Waals surface area contributed by atoms with Crippen LogP contribution in [0, 0.1) is 17.0 Å². The van der Waals surface area contributed by atoms with E-state index in [-0.39, 0.29) is 10.8 Å². The van der Waals surface area contributed by atoms with E-state index in [4.69, 9.17) is 12.2 Å². The molecule has 1 amide bonds. The van der Waals surface area contributed by atoms with Crippen molar-refractivity contribution in [3.8, 4) is 0 Å². The molecule has 6 nitrogen and oxygen atoms in total. The van der Waals surface area contributed by atoms with E-state index in [0.717, 1.165) is 17.7 Å². The molecular formula is C19H21N3O3S. The standard InChI is InChI=1S/C19H21N3O3S/c1-4-12(2)15-7-5-6-8-16(15)20-19(26)21-18(23)14-9-10-17(22(24)25)13(3)11-14/h5-12H,4H2,1-3H3,(H2,20,21,23,26)/t12-/m0/s1. The van der Waals surface area contributed by atoms with Crippen LogP contribution in [0.5, 0.6) is 0 Å². The van der Waals surface area contributed by atoms with Crippen molar-refractivity contribution in [3.63, 3.8) is 0 Å².